The van der Waals surface area contributed by atoms with Crippen LogP contribution >= 0.6 is 0 Å². The van der Waals surface area contributed by atoms with Crippen LogP contribution < -0.4 is 4.74 Å². The summed E-state index contributed by atoms with van der Waals surface area (Å²) in [5.41, 5.74) is 0.690. The summed E-state index contributed by atoms with van der Waals surface area (Å²) in [5.74, 6) is -0.484. The number of rotatable bonds is 4. The van der Waals surface area contributed by atoms with Gasteiger partial charge in [0.2, 0.25) is 5.88 Å². The van der Waals surface area contributed by atoms with Gasteiger partial charge in [0.1, 0.15) is 0 Å². The van der Waals surface area contributed by atoms with E-state index in [0.29, 0.717) is 11.6 Å². The second-order valence-electron chi connectivity index (χ2n) is 3.42. The average molecular weight is 209 g/mol. The van der Waals surface area contributed by atoms with E-state index in [1.54, 1.807) is 13.0 Å². The van der Waals surface area contributed by atoms with Gasteiger partial charge in [0.15, 0.2) is 0 Å². The van der Waals surface area contributed by atoms with Gasteiger partial charge in [-0.3, -0.25) is 0 Å². The molecular formula is C11H15NO3. The number of carboxylic acid groups (broad SMARTS) is 1. The summed E-state index contributed by atoms with van der Waals surface area (Å²) in [6.07, 6.45) is 0.981. The summed E-state index contributed by atoms with van der Waals surface area (Å²) >= 11 is 0. The number of hydrogen-bond donors (Lipinski definition) is 1. The molecule has 1 aromatic rings. The zero-order chi connectivity index (χ0) is 11.4. The predicted molar refractivity (Wildman–Crippen MR) is 56.3 cm³/mol. The lowest BCUT2D eigenvalue weighted by atomic mass is 10.2. The van der Waals surface area contributed by atoms with E-state index >= 15 is 0 Å². The highest BCUT2D eigenvalue weighted by Crippen LogP contribution is 2.14. The lowest BCUT2D eigenvalue weighted by Gasteiger charge is -2.12. The summed E-state index contributed by atoms with van der Waals surface area (Å²) in [6.45, 7) is 5.62. The third kappa shape index (κ3) is 2.94. The Morgan fingerprint density at radius 2 is 2.27 bits per heavy atom. The van der Waals surface area contributed by atoms with Crippen molar-refractivity contribution in [3.63, 3.8) is 0 Å². The van der Waals surface area contributed by atoms with Crippen LogP contribution in [0.1, 0.15) is 36.3 Å². The molecule has 0 saturated carbocycles. The van der Waals surface area contributed by atoms with Crippen LogP contribution in [0, 0.1) is 6.92 Å². The third-order valence-electron chi connectivity index (χ3n) is 2.19. The Balaban J connectivity index is 2.87. The van der Waals surface area contributed by atoms with Crippen molar-refractivity contribution in [2.45, 2.75) is 33.3 Å². The molecule has 1 atom stereocenters. The Bertz CT molecular complexity index is 363. The molecule has 0 aliphatic carbocycles. The molecule has 1 N–H and O–H groups in total. The molecule has 1 rings (SSSR count). The van der Waals surface area contributed by atoms with Gasteiger partial charge in [0, 0.05) is 6.07 Å². The van der Waals surface area contributed by atoms with Crippen LogP contribution in [0.5, 0.6) is 5.88 Å². The molecule has 0 fully saturated rings. The molecule has 0 saturated heterocycles. The molecule has 1 unspecified atom stereocenters. The normalized spacial score (nSPS) is 12.2. The average Bonchev–Trinajstić information content (AvgIpc) is 2.17. The van der Waals surface area contributed by atoms with E-state index in [1.165, 1.54) is 6.07 Å². The standard InChI is InChI=1S/C11H15NO3/c1-4-7(2)15-10-6-5-9(11(13)14)8(3)12-10/h5-7H,4H2,1-3H3,(H,13,14). The molecule has 1 aromatic heterocycles. The molecule has 0 amide bonds. The van der Waals surface area contributed by atoms with Gasteiger partial charge >= 0.3 is 5.97 Å². The van der Waals surface area contributed by atoms with E-state index in [2.05, 4.69) is 4.98 Å². The fraction of sp³-hybridized carbons (Fsp3) is 0.455. The highest BCUT2D eigenvalue weighted by Gasteiger charge is 2.10. The molecule has 4 nitrogen and oxygen atoms in total. The first kappa shape index (κ1) is 11.5. The Kier molecular flexibility index (Phi) is 3.66. The highest BCUT2D eigenvalue weighted by atomic mass is 16.5. The molecular weight excluding hydrogens is 194 g/mol. The molecule has 1 heterocycles. The van der Waals surface area contributed by atoms with Crippen molar-refractivity contribution >= 4 is 5.97 Å². The summed E-state index contributed by atoms with van der Waals surface area (Å²) in [6, 6.07) is 3.10. The maximum atomic E-state index is 10.7. The first-order chi connectivity index (χ1) is 7.04. The Labute approximate surface area is 88.9 Å². The summed E-state index contributed by atoms with van der Waals surface area (Å²) < 4.78 is 5.48. The lowest BCUT2D eigenvalue weighted by Crippen LogP contribution is -2.12. The van der Waals surface area contributed by atoms with Gasteiger partial charge in [0.05, 0.1) is 17.4 Å². The number of hydrogen-bond acceptors (Lipinski definition) is 3. The summed E-state index contributed by atoms with van der Waals surface area (Å²) in [4.78, 5) is 14.8. The summed E-state index contributed by atoms with van der Waals surface area (Å²) in [7, 11) is 0. The molecule has 0 aliphatic heterocycles. The number of aromatic carboxylic acids is 1. The monoisotopic (exact) mass is 209 g/mol. The van der Waals surface area contributed by atoms with Crippen molar-refractivity contribution in [3.8, 4) is 5.88 Å². The number of aromatic nitrogens is 1. The largest absolute Gasteiger partial charge is 0.478 e. The van der Waals surface area contributed by atoms with Gasteiger partial charge in [-0.2, -0.15) is 0 Å². The maximum Gasteiger partial charge on any atom is 0.337 e. The second-order valence-corrected chi connectivity index (χ2v) is 3.42. The van der Waals surface area contributed by atoms with Crippen LogP contribution in [0.25, 0.3) is 0 Å². The van der Waals surface area contributed by atoms with E-state index in [4.69, 9.17) is 9.84 Å². The first-order valence-electron chi connectivity index (χ1n) is 4.92. The summed E-state index contributed by atoms with van der Waals surface area (Å²) in [5, 5.41) is 8.80. The molecule has 4 heteroatoms. The number of carbonyl (C=O) groups is 1. The maximum absolute atomic E-state index is 10.7. The van der Waals surface area contributed by atoms with Crippen molar-refractivity contribution < 1.29 is 14.6 Å². The molecule has 0 aromatic carbocycles. The molecule has 0 aliphatic rings. The van der Waals surface area contributed by atoms with Gasteiger partial charge in [-0.15, -0.1) is 0 Å². The van der Waals surface area contributed by atoms with Crippen molar-refractivity contribution in [2.24, 2.45) is 0 Å². The molecule has 82 valence electrons. The number of pyridine rings is 1. The van der Waals surface area contributed by atoms with Crippen LogP contribution in [-0.2, 0) is 0 Å². The SMILES string of the molecule is CCC(C)Oc1ccc(C(=O)O)c(C)n1. The van der Waals surface area contributed by atoms with Crippen molar-refractivity contribution in [2.75, 3.05) is 0 Å². The topological polar surface area (TPSA) is 59.4 Å². The predicted octanol–water partition coefficient (Wildman–Crippen LogP) is 2.27. The molecule has 15 heavy (non-hydrogen) atoms. The van der Waals surface area contributed by atoms with Crippen molar-refractivity contribution in [1.82, 2.24) is 4.98 Å². The van der Waals surface area contributed by atoms with Crippen LogP contribution in [0.4, 0.5) is 0 Å². The smallest absolute Gasteiger partial charge is 0.337 e. The minimum absolute atomic E-state index is 0.0904. The minimum Gasteiger partial charge on any atom is -0.478 e. The van der Waals surface area contributed by atoms with E-state index < -0.39 is 5.97 Å². The number of carboxylic acids is 1. The van der Waals surface area contributed by atoms with Crippen LogP contribution in [0.3, 0.4) is 0 Å². The molecule has 0 radical (unpaired) electrons. The zero-order valence-electron chi connectivity index (χ0n) is 9.15. The van der Waals surface area contributed by atoms with Gasteiger partial charge in [-0.05, 0) is 26.3 Å². The Morgan fingerprint density at radius 3 is 2.73 bits per heavy atom. The van der Waals surface area contributed by atoms with Crippen molar-refractivity contribution in [3.05, 3.63) is 23.4 Å². The van der Waals surface area contributed by atoms with E-state index in [-0.39, 0.29) is 11.7 Å². The number of aryl methyl sites for hydroxylation is 1. The quantitative estimate of drug-likeness (QED) is 0.826. The Hall–Kier alpha value is -1.58. The third-order valence-corrected chi connectivity index (χ3v) is 2.19. The molecule has 0 spiro atoms. The van der Waals surface area contributed by atoms with Crippen LogP contribution in [0.2, 0.25) is 0 Å². The van der Waals surface area contributed by atoms with Crippen LogP contribution in [0.15, 0.2) is 12.1 Å². The Morgan fingerprint density at radius 1 is 1.60 bits per heavy atom. The van der Waals surface area contributed by atoms with E-state index in [0.717, 1.165) is 6.42 Å². The lowest BCUT2D eigenvalue weighted by molar-refractivity contribution is 0.0695. The number of ether oxygens (including phenoxy) is 1. The van der Waals surface area contributed by atoms with Gasteiger partial charge in [-0.1, -0.05) is 6.92 Å². The van der Waals surface area contributed by atoms with Gasteiger partial charge in [0.25, 0.3) is 0 Å². The molecule has 0 bridgehead atoms. The van der Waals surface area contributed by atoms with Crippen LogP contribution in [-0.4, -0.2) is 22.2 Å². The van der Waals surface area contributed by atoms with Gasteiger partial charge in [-0.25, -0.2) is 9.78 Å². The fourth-order valence-corrected chi connectivity index (χ4v) is 1.12. The highest BCUT2D eigenvalue weighted by molar-refractivity contribution is 5.88. The van der Waals surface area contributed by atoms with Gasteiger partial charge < -0.3 is 9.84 Å². The minimum atomic E-state index is -0.963. The number of nitrogens with zero attached hydrogens (tertiary/aromatic N) is 1. The van der Waals surface area contributed by atoms with E-state index in [9.17, 15) is 4.79 Å². The van der Waals surface area contributed by atoms with Crippen molar-refractivity contribution in [1.29, 1.82) is 0 Å². The van der Waals surface area contributed by atoms with E-state index in [1.807, 2.05) is 13.8 Å². The first-order valence-corrected chi connectivity index (χ1v) is 4.92. The fourth-order valence-electron chi connectivity index (χ4n) is 1.12. The second kappa shape index (κ2) is 4.77. The zero-order valence-corrected chi connectivity index (χ0v) is 9.15.